The van der Waals surface area contributed by atoms with E-state index >= 15 is 0 Å². The van der Waals surface area contributed by atoms with Crippen LogP contribution < -0.4 is 9.67 Å². The fourth-order valence-electron chi connectivity index (χ4n) is 1.74. The Morgan fingerprint density at radius 1 is 1.17 bits per heavy atom. The Bertz CT molecular complexity index is 330. The molecule has 1 aromatic rings. The Balaban J connectivity index is 0.000000631. The molecular weight excluding hydrogens is 226 g/mol. The second kappa shape index (κ2) is 8.67. The van der Waals surface area contributed by atoms with Crippen LogP contribution >= 0.6 is 0 Å². The molecule has 0 aliphatic rings. The number of unbranched alkanes of at least 4 members (excludes halogenated alkanes) is 2. The molecule has 0 atom stereocenters. The first-order valence-electron chi connectivity index (χ1n) is 6.54. The van der Waals surface area contributed by atoms with E-state index in [0.717, 1.165) is 6.92 Å². The Morgan fingerprint density at radius 3 is 2.11 bits per heavy atom. The third-order valence-corrected chi connectivity index (χ3v) is 2.81. The molecule has 1 heterocycles. The highest BCUT2D eigenvalue weighted by Crippen LogP contribution is 2.16. The summed E-state index contributed by atoms with van der Waals surface area (Å²) in [5.41, 5.74) is 0.260. The van der Waals surface area contributed by atoms with Gasteiger partial charge in [-0.3, -0.25) is 0 Å². The van der Waals surface area contributed by atoms with E-state index in [2.05, 4.69) is 55.9 Å². The van der Waals surface area contributed by atoms with Crippen LogP contribution in [0.25, 0.3) is 0 Å². The third-order valence-electron chi connectivity index (χ3n) is 2.81. The number of carboxylic acid groups (broad SMARTS) is 1. The lowest BCUT2D eigenvalue weighted by Crippen LogP contribution is -2.51. The summed E-state index contributed by atoms with van der Waals surface area (Å²) in [4.78, 5) is 8.89. The molecule has 0 aliphatic carbocycles. The number of carboxylic acids is 1. The van der Waals surface area contributed by atoms with Gasteiger partial charge in [-0.25, -0.2) is 4.57 Å². The van der Waals surface area contributed by atoms with Gasteiger partial charge in [-0.05, 0) is 13.3 Å². The average molecular weight is 251 g/mol. The van der Waals surface area contributed by atoms with Crippen LogP contribution in [0, 0.1) is 0 Å². The fourth-order valence-corrected chi connectivity index (χ4v) is 1.74. The molecule has 0 saturated carbocycles. The van der Waals surface area contributed by atoms with E-state index in [0.29, 0.717) is 0 Å². The average Bonchev–Trinajstić information content (AvgIpc) is 2.30. The van der Waals surface area contributed by atoms with Gasteiger partial charge in [0.15, 0.2) is 17.9 Å². The molecule has 0 aliphatic heterocycles. The molecule has 0 amide bonds. The first-order chi connectivity index (χ1) is 8.40. The van der Waals surface area contributed by atoms with Crippen molar-refractivity contribution in [3.8, 4) is 0 Å². The van der Waals surface area contributed by atoms with Gasteiger partial charge in [0.1, 0.15) is 0 Å². The smallest absolute Gasteiger partial charge is 0.169 e. The number of carbonyl (C=O) groups is 1. The van der Waals surface area contributed by atoms with Gasteiger partial charge in [0.2, 0.25) is 0 Å². The van der Waals surface area contributed by atoms with Crippen molar-refractivity contribution < 1.29 is 14.5 Å². The maximum absolute atomic E-state index is 8.89. The van der Waals surface area contributed by atoms with Crippen LogP contribution in [-0.2, 0) is 10.3 Å². The van der Waals surface area contributed by atoms with Crippen molar-refractivity contribution in [1.82, 2.24) is 0 Å². The van der Waals surface area contributed by atoms with E-state index in [1.807, 2.05) is 0 Å². The summed E-state index contributed by atoms with van der Waals surface area (Å²) in [6.45, 7) is 7.84. The molecular formula is C15H25NO2. The summed E-state index contributed by atoms with van der Waals surface area (Å²) in [6, 6.07) is 6.27. The number of pyridine rings is 1. The van der Waals surface area contributed by atoms with Crippen LogP contribution in [0.5, 0.6) is 0 Å². The normalized spacial score (nSPS) is 10.4. The summed E-state index contributed by atoms with van der Waals surface area (Å²) in [7, 11) is 0. The molecule has 3 nitrogen and oxygen atoms in total. The zero-order valence-corrected chi connectivity index (χ0v) is 12.0. The van der Waals surface area contributed by atoms with Crippen molar-refractivity contribution in [2.45, 2.75) is 58.9 Å². The van der Waals surface area contributed by atoms with Crippen LogP contribution in [0.2, 0.25) is 0 Å². The van der Waals surface area contributed by atoms with Gasteiger partial charge < -0.3 is 9.90 Å². The van der Waals surface area contributed by atoms with Crippen LogP contribution in [0.15, 0.2) is 30.6 Å². The summed E-state index contributed by atoms with van der Waals surface area (Å²) in [5, 5.41) is 8.89. The molecule has 1 aromatic heterocycles. The lowest BCUT2D eigenvalue weighted by atomic mass is 9.96. The van der Waals surface area contributed by atoms with Crippen LogP contribution in [0.1, 0.15) is 53.4 Å². The predicted octanol–water partition coefficient (Wildman–Crippen LogP) is 2.05. The number of hydrogen-bond donors (Lipinski definition) is 0. The molecule has 102 valence electrons. The zero-order chi connectivity index (χ0) is 14.0. The lowest BCUT2D eigenvalue weighted by molar-refractivity contribution is -0.758. The van der Waals surface area contributed by atoms with Crippen molar-refractivity contribution in [2.75, 3.05) is 0 Å². The third kappa shape index (κ3) is 7.82. The molecule has 0 aromatic carbocycles. The lowest BCUT2D eigenvalue weighted by Gasteiger charge is -2.18. The highest BCUT2D eigenvalue weighted by molar-refractivity contribution is 5.60. The Labute approximate surface area is 110 Å². The second-order valence-corrected chi connectivity index (χ2v) is 5.04. The van der Waals surface area contributed by atoms with Gasteiger partial charge in [0, 0.05) is 38.4 Å². The molecule has 0 radical (unpaired) electrons. The zero-order valence-electron chi connectivity index (χ0n) is 12.0. The van der Waals surface area contributed by atoms with Crippen molar-refractivity contribution in [1.29, 1.82) is 0 Å². The first-order valence-corrected chi connectivity index (χ1v) is 6.54. The van der Waals surface area contributed by atoms with Gasteiger partial charge >= 0.3 is 0 Å². The fraction of sp³-hybridized carbons (Fsp3) is 0.600. The summed E-state index contributed by atoms with van der Waals surface area (Å²) in [6.07, 6.45) is 9.55. The first kappa shape index (κ1) is 16.6. The highest BCUT2D eigenvalue weighted by atomic mass is 16.4. The molecule has 0 fully saturated rings. The standard InChI is InChI=1S/C13H22N.C2H4O2/c1-4-5-7-10-13(2,3)14-11-8-6-9-12-14;1-2(3)4/h6,8-9,11-12H,4-5,7,10H2,1-3H3;1H3,(H,3,4)/q+1;/p-1. The van der Waals surface area contributed by atoms with Crippen molar-refractivity contribution in [2.24, 2.45) is 0 Å². The topological polar surface area (TPSA) is 44.0 Å². The predicted molar refractivity (Wildman–Crippen MR) is 70.8 cm³/mol. The minimum absolute atomic E-state index is 0.260. The Hall–Kier alpha value is -1.38. The maximum atomic E-state index is 8.89. The number of hydrogen-bond acceptors (Lipinski definition) is 2. The molecule has 0 unspecified atom stereocenters. The second-order valence-electron chi connectivity index (χ2n) is 5.04. The molecule has 0 saturated heterocycles. The molecule has 18 heavy (non-hydrogen) atoms. The molecule has 3 heteroatoms. The Kier molecular flexibility index (Phi) is 8.01. The van der Waals surface area contributed by atoms with Gasteiger partial charge in [0.25, 0.3) is 0 Å². The number of nitrogens with zero attached hydrogens (tertiary/aromatic N) is 1. The van der Waals surface area contributed by atoms with Crippen molar-refractivity contribution in [3.05, 3.63) is 30.6 Å². The van der Waals surface area contributed by atoms with E-state index in [1.165, 1.54) is 25.7 Å². The van der Waals surface area contributed by atoms with E-state index in [-0.39, 0.29) is 5.54 Å². The van der Waals surface area contributed by atoms with Gasteiger partial charge in [0.05, 0.1) is 0 Å². The maximum Gasteiger partial charge on any atom is 0.169 e. The minimum Gasteiger partial charge on any atom is -0.550 e. The van der Waals surface area contributed by atoms with E-state index in [1.54, 1.807) is 0 Å². The summed E-state index contributed by atoms with van der Waals surface area (Å²) < 4.78 is 2.31. The number of aliphatic carboxylic acids is 1. The molecule has 0 bridgehead atoms. The van der Waals surface area contributed by atoms with Gasteiger partial charge in [-0.15, -0.1) is 0 Å². The number of rotatable bonds is 5. The molecule has 0 spiro atoms. The van der Waals surface area contributed by atoms with Gasteiger partial charge in [-0.2, -0.15) is 0 Å². The minimum atomic E-state index is -1.08. The molecule has 1 rings (SSSR count). The SMILES string of the molecule is CC(=O)[O-].CCCCCC(C)(C)[n+]1ccccc1. The van der Waals surface area contributed by atoms with Gasteiger partial charge in [-0.1, -0.05) is 25.8 Å². The van der Waals surface area contributed by atoms with Crippen molar-refractivity contribution >= 4 is 5.97 Å². The van der Waals surface area contributed by atoms with E-state index in [9.17, 15) is 0 Å². The monoisotopic (exact) mass is 251 g/mol. The van der Waals surface area contributed by atoms with Crippen LogP contribution in [0.3, 0.4) is 0 Å². The summed E-state index contributed by atoms with van der Waals surface area (Å²) in [5.74, 6) is -1.08. The summed E-state index contributed by atoms with van der Waals surface area (Å²) >= 11 is 0. The highest BCUT2D eigenvalue weighted by Gasteiger charge is 2.26. The number of carbonyl (C=O) groups excluding carboxylic acids is 1. The molecule has 0 N–H and O–H groups in total. The van der Waals surface area contributed by atoms with E-state index < -0.39 is 5.97 Å². The largest absolute Gasteiger partial charge is 0.550 e. The van der Waals surface area contributed by atoms with Crippen LogP contribution in [0.4, 0.5) is 0 Å². The Morgan fingerprint density at radius 2 is 1.67 bits per heavy atom. The number of aromatic nitrogens is 1. The van der Waals surface area contributed by atoms with Crippen LogP contribution in [-0.4, -0.2) is 5.97 Å². The van der Waals surface area contributed by atoms with Crippen molar-refractivity contribution in [3.63, 3.8) is 0 Å². The van der Waals surface area contributed by atoms with E-state index in [4.69, 9.17) is 9.90 Å². The quantitative estimate of drug-likeness (QED) is 0.594.